The molecule has 0 aliphatic heterocycles. The summed E-state index contributed by atoms with van der Waals surface area (Å²) in [6.45, 7) is 3.86. The second-order valence-corrected chi connectivity index (χ2v) is 6.86. The highest BCUT2D eigenvalue weighted by molar-refractivity contribution is 7.89. The van der Waals surface area contributed by atoms with Crippen molar-refractivity contribution in [3.63, 3.8) is 0 Å². The first-order valence-corrected chi connectivity index (χ1v) is 7.45. The van der Waals surface area contributed by atoms with Crippen LogP contribution in [0, 0.1) is 0 Å². The van der Waals surface area contributed by atoms with Crippen LogP contribution in [0.5, 0.6) is 0 Å². The molecule has 0 saturated heterocycles. The molecule has 2 N–H and O–H groups in total. The summed E-state index contributed by atoms with van der Waals surface area (Å²) >= 11 is 0. The number of amides is 1. The maximum Gasteiger partial charge on any atom is 0.290 e. The van der Waals surface area contributed by atoms with Crippen molar-refractivity contribution in [1.29, 1.82) is 0 Å². The summed E-state index contributed by atoms with van der Waals surface area (Å²) in [6, 6.07) is 0. The molecule has 8 nitrogen and oxygen atoms in total. The van der Waals surface area contributed by atoms with Gasteiger partial charge in [-0.05, 0) is 0 Å². The summed E-state index contributed by atoms with van der Waals surface area (Å²) in [5.41, 5.74) is 0. The zero-order valence-electron chi connectivity index (χ0n) is 11.5. The lowest BCUT2D eigenvalue weighted by molar-refractivity contribution is 0.0946. The third-order valence-corrected chi connectivity index (χ3v) is 4.29. The molecule has 0 aliphatic rings. The van der Waals surface area contributed by atoms with E-state index in [9.17, 15) is 13.2 Å². The Hall–Kier alpha value is -1.48. The Morgan fingerprint density at radius 1 is 1.42 bits per heavy atom. The maximum atomic E-state index is 11.7. The van der Waals surface area contributed by atoms with Gasteiger partial charge in [0.1, 0.15) is 5.82 Å². The Morgan fingerprint density at radius 3 is 2.53 bits per heavy atom. The highest BCUT2D eigenvalue weighted by Crippen LogP contribution is 2.07. The third kappa shape index (κ3) is 4.28. The summed E-state index contributed by atoms with van der Waals surface area (Å²) in [5.74, 6) is 0.130. The fourth-order valence-corrected chi connectivity index (χ4v) is 1.91. The molecule has 0 bridgehead atoms. The van der Waals surface area contributed by atoms with E-state index >= 15 is 0 Å². The Labute approximate surface area is 112 Å². The average molecular weight is 289 g/mol. The van der Waals surface area contributed by atoms with Gasteiger partial charge in [0.05, 0.1) is 5.75 Å². The average Bonchev–Trinajstić information content (AvgIpc) is 2.77. The van der Waals surface area contributed by atoms with Crippen molar-refractivity contribution in [2.75, 3.05) is 26.4 Å². The number of aromatic nitrogens is 3. The first kappa shape index (κ1) is 15.6. The molecule has 0 aromatic carbocycles. The predicted octanol–water partition coefficient (Wildman–Crippen LogP) is -0.451. The second-order valence-electron chi connectivity index (χ2n) is 4.55. The van der Waals surface area contributed by atoms with Crippen LogP contribution in [-0.4, -0.2) is 60.2 Å². The Balaban J connectivity index is 2.52. The Morgan fingerprint density at radius 2 is 2.05 bits per heavy atom. The number of aromatic amines is 1. The van der Waals surface area contributed by atoms with E-state index in [1.54, 1.807) is 0 Å². The second kappa shape index (κ2) is 6.11. The van der Waals surface area contributed by atoms with Crippen molar-refractivity contribution >= 4 is 15.9 Å². The largest absolute Gasteiger partial charge is 0.348 e. The number of rotatable bonds is 6. The summed E-state index contributed by atoms with van der Waals surface area (Å²) in [6.07, 6.45) is 0. The molecule has 9 heteroatoms. The van der Waals surface area contributed by atoms with Crippen LogP contribution in [0.2, 0.25) is 0 Å². The number of sulfonamides is 1. The van der Waals surface area contributed by atoms with Gasteiger partial charge in [0.25, 0.3) is 5.91 Å². The van der Waals surface area contributed by atoms with Gasteiger partial charge >= 0.3 is 0 Å². The van der Waals surface area contributed by atoms with Gasteiger partial charge in [0.2, 0.25) is 15.8 Å². The number of carbonyl (C=O) groups excluding carboxylic acids is 1. The molecule has 1 aromatic heterocycles. The van der Waals surface area contributed by atoms with Gasteiger partial charge in [-0.2, -0.15) is 0 Å². The molecule has 0 spiro atoms. The fraction of sp³-hybridized carbons (Fsp3) is 0.700. The molecule has 0 saturated carbocycles. The van der Waals surface area contributed by atoms with E-state index in [1.165, 1.54) is 14.1 Å². The van der Waals surface area contributed by atoms with Crippen LogP contribution < -0.4 is 5.32 Å². The van der Waals surface area contributed by atoms with Crippen LogP contribution in [0.3, 0.4) is 0 Å². The fourth-order valence-electron chi connectivity index (χ4n) is 1.19. The van der Waals surface area contributed by atoms with Gasteiger partial charge in [0.15, 0.2) is 0 Å². The summed E-state index contributed by atoms with van der Waals surface area (Å²) in [5, 5.41) is 8.91. The monoisotopic (exact) mass is 289 g/mol. The number of nitrogens with zero attached hydrogens (tertiary/aromatic N) is 3. The smallest absolute Gasteiger partial charge is 0.290 e. The minimum Gasteiger partial charge on any atom is -0.348 e. The standard InChI is InChI=1S/C10H19N5O3S/c1-7(2)8-12-9(14-13-8)10(16)11-5-6-19(17,18)15(3)4/h7H,5-6H2,1-4H3,(H,11,16)(H,12,13,14). The maximum absolute atomic E-state index is 11.7. The number of carbonyl (C=O) groups is 1. The predicted molar refractivity (Wildman–Crippen MR) is 70.3 cm³/mol. The van der Waals surface area contributed by atoms with Crippen LogP contribution in [0.25, 0.3) is 0 Å². The number of nitrogens with one attached hydrogen (secondary N) is 2. The molecule has 1 rings (SSSR count). The lowest BCUT2D eigenvalue weighted by Gasteiger charge is -2.10. The van der Waals surface area contributed by atoms with Gasteiger partial charge in [0, 0.05) is 26.6 Å². The van der Waals surface area contributed by atoms with E-state index in [2.05, 4.69) is 20.5 Å². The molecule has 0 unspecified atom stereocenters. The highest BCUT2D eigenvalue weighted by Gasteiger charge is 2.16. The Kier molecular flexibility index (Phi) is 5.01. The SMILES string of the molecule is CC(C)c1nc(C(=O)NCCS(=O)(=O)N(C)C)n[nH]1. The Bertz CT molecular complexity index is 535. The lowest BCUT2D eigenvalue weighted by atomic mass is 10.2. The van der Waals surface area contributed by atoms with Crippen molar-refractivity contribution in [3.8, 4) is 0 Å². The normalized spacial score (nSPS) is 12.1. The lowest BCUT2D eigenvalue weighted by Crippen LogP contribution is -2.34. The van der Waals surface area contributed by atoms with Crippen LogP contribution in [0.15, 0.2) is 0 Å². The van der Waals surface area contributed by atoms with Gasteiger partial charge in [-0.1, -0.05) is 13.8 Å². The number of hydrogen-bond donors (Lipinski definition) is 2. The zero-order valence-corrected chi connectivity index (χ0v) is 12.3. The van der Waals surface area contributed by atoms with Gasteiger partial charge < -0.3 is 5.32 Å². The molecule has 0 atom stereocenters. The molecule has 0 radical (unpaired) electrons. The highest BCUT2D eigenvalue weighted by atomic mass is 32.2. The molecular formula is C10H19N5O3S. The van der Waals surface area contributed by atoms with Crippen molar-refractivity contribution in [2.24, 2.45) is 0 Å². The van der Waals surface area contributed by atoms with Crippen molar-refractivity contribution in [2.45, 2.75) is 19.8 Å². The first-order chi connectivity index (χ1) is 8.74. The molecule has 1 amide bonds. The van der Waals surface area contributed by atoms with E-state index in [0.717, 1.165) is 4.31 Å². The summed E-state index contributed by atoms with van der Waals surface area (Å²) < 4.78 is 24.1. The molecule has 19 heavy (non-hydrogen) atoms. The summed E-state index contributed by atoms with van der Waals surface area (Å²) in [4.78, 5) is 15.7. The van der Waals surface area contributed by atoms with Gasteiger partial charge in [-0.3, -0.25) is 9.89 Å². The van der Waals surface area contributed by atoms with Crippen LogP contribution >= 0.6 is 0 Å². The van der Waals surface area contributed by atoms with Crippen molar-refractivity contribution < 1.29 is 13.2 Å². The van der Waals surface area contributed by atoms with E-state index in [0.29, 0.717) is 5.82 Å². The molecule has 1 heterocycles. The van der Waals surface area contributed by atoms with E-state index in [-0.39, 0.29) is 24.0 Å². The molecule has 0 aliphatic carbocycles. The minimum absolute atomic E-state index is 0.0187. The first-order valence-electron chi connectivity index (χ1n) is 5.84. The third-order valence-electron chi connectivity index (χ3n) is 2.45. The molecule has 1 aromatic rings. The molecular weight excluding hydrogens is 270 g/mol. The van der Waals surface area contributed by atoms with Crippen molar-refractivity contribution in [3.05, 3.63) is 11.6 Å². The zero-order chi connectivity index (χ0) is 14.6. The number of hydrogen-bond acceptors (Lipinski definition) is 5. The molecule has 108 valence electrons. The van der Waals surface area contributed by atoms with Crippen LogP contribution in [0.1, 0.15) is 36.2 Å². The van der Waals surface area contributed by atoms with E-state index in [1.807, 2.05) is 13.8 Å². The van der Waals surface area contributed by atoms with Gasteiger partial charge in [-0.15, -0.1) is 5.10 Å². The molecule has 0 fully saturated rings. The van der Waals surface area contributed by atoms with Crippen LogP contribution in [-0.2, 0) is 10.0 Å². The van der Waals surface area contributed by atoms with Gasteiger partial charge in [-0.25, -0.2) is 17.7 Å². The van der Waals surface area contributed by atoms with E-state index < -0.39 is 15.9 Å². The quantitative estimate of drug-likeness (QED) is 0.737. The topological polar surface area (TPSA) is 108 Å². The number of H-pyrrole nitrogens is 1. The van der Waals surface area contributed by atoms with E-state index in [4.69, 9.17) is 0 Å². The summed E-state index contributed by atoms with van der Waals surface area (Å²) in [7, 11) is -0.423. The van der Waals surface area contributed by atoms with Crippen LogP contribution in [0.4, 0.5) is 0 Å². The minimum atomic E-state index is -3.31. The van der Waals surface area contributed by atoms with Crippen molar-refractivity contribution in [1.82, 2.24) is 24.8 Å².